The third-order valence-electron chi connectivity index (χ3n) is 1.89. The Morgan fingerprint density at radius 1 is 1.44 bits per heavy atom. The first kappa shape index (κ1) is 13.0. The Labute approximate surface area is 99.5 Å². The molecular formula is C10H12ClNO3S. The standard InChI is InChI=1S/C10H12ClNO3S/c1-7(11)10(13)12-8-4-3-5-9(6-8)16(2,14)15/h3-7H,1-2H3,(H,12,13). The molecule has 0 saturated carbocycles. The second kappa shape index (κ2) is 4.84. The normalized spacial score (nSPS) is 13.2. The third kappa shape index (κ3) is 3.50. The van der Waals surface area contributed by atoms with E-state index < -0.39 is 15.2 Å². The summed E-state index contributed by atoms with van der Waals surface area (Å²) in [6.45, 7) is 1.54. The van der Waals surface area contributed by atoms with Crippen LogP contribution < -0.4 is 5.32 Å². The molecule has 1 N–H and O–H groups in total. The lowest BCUT2D eigenvalue weighted by Gasteiger charge is -2.07. The molecule has 88 valence electrons. The molecule has 4 nitrogen and oxygen atoms in total. The van der Waals surface area contributed by atoms with Crippen molar-refractivity contribution in [1.82, 2.24) is 0 Å². The summed E-state index contributed by atoms with van der Waals surface area (Å²) in [7, 11) is -3.27. The van der Waals surface area contributed by atoms with E-state index in [0.717, 1.165) is 6.26 Å². The molecule has 1 rings (SSSR count). The highest BCUT2D eigenvalue weighted by molar-refractivity contribution is 7.90. The molecule has 1 unspecified atom stereocenters. The molecular weight excluding hydrogens is 250 g/mol. The quantitative estimate of drug-likeness (QED) is 0.842. The largest absolute Gasteiger partial charge is 0.325 e. The van der Waals surface area contributed by atoms with Crippen LogP contribution in [0.25, 0.3) is 0 Å². The summed E-state index contributed by atoms with van der Waals surface area (Å²) in [6, 6.07) is 6.03. The fourth-order valence-corrected chi connectivity index (χ4v) is 1.77. The Balaban J connectivity index is 2.96. The number of sulfone groups is 1. The Bertz CT molecular complexity index is 497. The van der Waals surface area contributed by atoms with E-state index in [1.807, 2.05) is 0 Å². The molecule has 1 aromatic rings. The Morgan fingerprint density at radius 3 is 2.56 bits per heavy atom. The molecule has 1 aromatic carbocycles. The topological polar surface area (TPSA) is 63.2 Å². The van der Waals surface area contributed by atoms with Crippen LogP contribution >= 0.6 is 11.6 Å². The van der Waals surface area contributed by atoms with Crippen molar-refractivity contribution in [2.24, 2.45) is 0 Å². The summed E-state index contributed by atoms with van der Waals surface area (Å²) in [5.41, 5.74) is 0.417. The molecule has 1 atom stereocenters. The number of nitrogens with one attached hydrogen (secondary N) is 1. The van der Waals surface area contributed by atoms with Gasteiger partial charge in [0.25, 0.3) is 0 Å². The number of rotatable bonds is 3. The third-order valence-corrected chi connectivity index (χ3v) is 3.20. The van der Waals surface area contributed by atoms with E-state index in [0.29, 0.717) is 5.69 Å². The Morgan fingerprint density at radius 2 is 2.06 bits per heavy atom. The Kier molecular flexibility index (Phi) is 3.93. The highest BCUT2D eigenvalue weighted by atomic mass is 35.5. The highest BCUT2D eigenvalue weighted by Crippen LogP contribution is 2.15. The number of anilines is 1. The summed E-state index contributed by atoms with van der Waals surface area (Å²) in [5.74, 6) is -0.368. The molecule has 1 amide bonds. The second-order valence-corrected chi connectivity index (χ2v) is 6.08. The molecule has 6 heteroatoms. The van der Waals surface area contributed by atoms with E-state index in [4.69, 9.17) is 11.6 Å². The summed E-state index contributed by atoms with van der Waals surface area (Å²) < 4.78 is 22.5. The SMILES string of the molecule is CC(Cl)C(=O)Nc1cccc(S(C)(=O)=O)c1. The maximum Gasteiger partial charge on any atom is 0.242 e. The van der Waals surface area contributed by atoms with Crippen molar-refractivity contribution in [3.63, 3.8) is 0 Å². The number of carbonyl (C=O) groups excluding carboxylic acids is 1. The van der Waals surface area contributed by atoms with Crippen LogP contribution in [0.15, 0.2) is 29.2 Å². The van der Waals surface area contributed by atoms with Crippen LogP contribution in [0, 0.1) is 0 Å². The average molecular weight is 262 g/mol. The van der Waals surface area contributed by atoms with Crippen LogP contribution in [-0.2, 0) is 14.6 Å². The highest BCUT2D eigenvalue weighted by Gasteiger charge is 2.11. The van der Waals surface area contributed by atoms with Gasteiger partial charge in [-0.1, -0.05) is 6.07 Å². The summed E-state index contributed by atoms with van der Waals surface area (Å²) in [6.07, 6.45) is 1.11. The molecule has 0 aromatic heterocycles. The number of alkyl halides is 1. The van der Waals surface area contributed by atoms with Crippen LogP contribution in [0.4, 0.5) is 5.69 Å². The maximum absolute atomic E-state index is 11.3. The maximum atomic E-state index is 11.3. The molecule has 0 heterocycles. The number of amides is 1. The molecule has 0 saturated heterocycles. The van der Waals surface area contributed by atoms with Crippen LogP contribution in [0.5, 0.6) is 0 Å². The van der Waals surface area contributed by atoms with Gasteiger partial charge >= 0.3 is 0 Å². The molecule has 0 fully saturated rings. The van der Waals surface area contributed by atoms with Gasteiger partial charge in [-0.25, -0.2) is 8.42 Å². The zero-order chi connectivity index (χ0) is 12.3. The molecule has 0 bridgehead atoms. The van der Waals surface area contributed by atoms with E-state index in [2.05, 4.69) is 5.32 Å². The van der Waals surface area contributed by atoms with E-state index in [1.54, 1.807) is 12.1 Å². The molecule has 0 spiro atoms. The number of hydrogen-bond acceptors (Lipinski definition) is 3. The molecule has 0 radical (unpaired) electrons. The van der Waals surface area contributed by atoms with Gasteiger partial charge in [-0.15, -0.1) is 11.6 Å². The lowest BCUT2D eigenvalue weighted by atomic mass is 10.3. The molecule has 0 aliphatic carbocycles. The van der Waals surface area contributed by atoms with Crippen LogP contribution in [-0.4, -0.2) is 26.0 Å². The summed E-state index contributed by atoms with van der Waals surface area (Å²) in [4.78, 5) is 11.4. The predicted octanol–water partition coefficient (Wildman–Crippen LogP) is 1.66. The van der Waals surface area contributed by atoms with Gasteiger partial charge in [0.1, 0.15) is 5.38 Å². The number of carbonyl (C=O) groups is 1. The fraction of sp³-hybridized carbons (Fsp3) is 0.300. The average Bonchev–Trinajstić information content (AvgIpc) is 2.16. The molecule has 16 heavy (non-hydrogen) atoms. The van der Waals surface area contributed by atoms with Crippen molar-refractivity contribution in [2.45, 2.75) is 17.2 Å². The zero-order valence-electron chi connectivity index (χ0n) is 8.90. The number of halogens is 1. The lowest BCUT2D eigenvalue weighted by molar-refractivity contribution is -0.115. The van der Waals surface area contributed by atoms with E-state index in [-0.39, 0.29) is 10.8 Å². The van der Waals surface area contributed by atoms with Gasteiger partial charge in [-0.05, 0) is 25.1 Å². The van der Waals surface area contributed by atoms with E-state index in [9.17, 15) is 13.2 Å². The predicted molar refractivity (Wildman–Crippen MR) is 63.5 cm³/mol. The van der Waals surface area contributed by atoms with Crippen molar-refractivity contribution >= 4 is 33.0 Å². The van der Waals surface area contributed by atoms with Crippen molar-refractivity contribution < 1.29 is 13.2 Å². The summed E-state index contributed by atoms with van der Waals surface area (Å²) >= 11 is 5.58. The number of hydrogen-bond donors (Lipinski definition) is 1. The van der Waals surface area contributed by atoms with Crippen LogP contribution in [0.1, 0.15) is 6.92 Å². The van der Waals surface area contributed by atoms with Crippen molar-refractivity contribution in [1.29, 1.82) is 0 Å². The smallest absolute Gasteiger partial charge is 0.242 e. The van der Waals surface area contributed by atoms with Crippen LogP contribution in [0.2, 0.25) is 0 Å². The van der Waals surface area contributed by atoms with Gasteiger partial charge in [0, 0.05) is 11.9 Å². The van der Waals surface area contributed by atoms with Gasteiger partial charge in [0.15, 0.2) is 9.84 Å². The van der Waals surface area contributed by atoms with E-state index >= 15 is 0 Å². The minimum Gasteiger partial charge on any atom is -0.325 e. The fourth-order valence-electron chi connectivity index (χ4n) is 1.05. The van der Waals surface area contributed by atoms with Gasteiger partial charge in [0.05, 0.1) is 4.90 Å². The lowest BCUT2D eigenvalue weighted by Crippen LogP contribution is -2.20. The second-order valence-electron chi connectivity index (χ2n) is 3.41. The van der Waals surface area contributed by atoms with Crippen molar-refractivity contribution in [2.75, 3.05) is 11.6 Å². The summed E-state index contributed by atoms with van der Waals surface area (Å²) in [5, 5.41) is 1.85. The minimum atomic E-state index is -3.27. The molecule has 0 aliphatic rings. The van der Waals surface area contributed by atoms with E-state index in [1.165, 1.54) is 19.1 Å². The van der Waals surface area contributed by atoms with Crippen LogP contribution in [0.3, 0.4) is 0 Å². The van der Waals surface area contributed by atoms with Gasteiger partial charge in [-0.2, -0.15) is 0 Å². The van der Waals surface area contributed by atoms with Gasteiger partial charge in [0.2, 0.25) is 5.91 Å². The first-order valence-corrected chi connectivity index (χ1v) is 6.88. The molecule has 0 aliphatic heterocycles. The zero-order valence-corrected chi connectivity index (χ0v) is 10.5. The first-order valence-electron chi connectivity index (χ1n) is 4.56. The van der Waals surface area contributed by atoms with Gasteiger partial charge in [-0.3, -0.25) is 4.79 Å². The monoisotopic (exact) mass is 261 g/mol. The first-order chi connectivity index (χ1) is 7.30. The van der Waals surface area contributed by atoms with Crippen molar-refractivity contribution in [3.8, 4) is 0 Å². The van der Waals surface area contributed by atoms with Gasteiger partial charge < -0.3 is 5.32 Å². The number of benzene rings is 1. The van der Waals surface area contributed by atoms with Crippen molar-refractivity contribution in [3.05, 3.63) is 24.3 Å². The minimum absolute atomic E-state index is 0.160. The Hall–Kier alpha value is -1.07.